The molecule has 2 N–H and O–H groups in total. The zero-order valence-electron chi connectivity index (χ0n) is 9.68. The molecule has 0 amide bonds. The molecular weight excluding hydrogens is 196 g/mol. The highest BCUT2D eigenvalue weighted by Gasteiger charge is 2.40. The highest BCUT2D eigenvalue weighted by atomic mass is 15.2. The first-order valence-electron chi connectivity index (χ1n) is 6.39. The molecule has 2 aliphatic rings. The van der Waals surface area contributed by atoms with Gasteiger partial charge in [-0.25, -0.2) is 0 Å². The van der Waals surface area contributed by atoms with Crippen molar-refractivity contribution in [3.63, 3.8) is 0 Å². The summed E-state index contributed by atoms with van der Waals surface area (Å²) in [6.45, 7) is 2.01. The first kappa shape index (κ1) is 10.3. The maximum Gasteiger partial charge on any atom is 0.0473 e. The molecule has 2 bridgehead atoms. The molecule has 1 aromatic rings. The predicted octanol–water partition coefficient (Wildman–Crippen LogP) is 2.17. The van der Waals surface area contributed by atoms with E-state index in [-0.39, 0.29) is 0 Å². The number of nitrogens with zero attached hydrogens (tertiary/aromatic N) is 1. The molecule has 1 aliphatic carbocycles. The minimum absolute atomic E-state index is 0.441. The highest BCUT2D eigenvalue weighted by Crippen LogP contribution is 2.41. The van der Waals surface area contributed by atoms with Gasteiger partial charge in [-0.15, -0.1) is 0 Å². The summed E-state index contributed by atoms with van der Waals surface area (Å²) in [4.78, 5) is 2.64. The average molecular weight is 216 g/mol. The fourth-order valence-electron chi connectivity index (χ4n) is 3.48. The van der Waals surface area contributed by atoms with E-state index in [0.717, 1.165) is 18.5 Å². The molecule has 0 aromatic heterocycles. The van der Waals surface area contributed by atoms with E-state index in [9.17, 15) is 0 Å². The molecule has 1 aliphatic heterocycles. The van der Waals surface area contributed by atoms with Gasteiger partial charge in [0.15, 0.2) is 0 Å². The summed E-state index contributed by atoms with van der Waals surface area (Å²) in [6, 6.07) is 12.0. The fraction of sp³-hybridized carbons (Fsp3) is 0.571. The lowest BCUT2D eigenvalue weighted by atomic mass is 10.0. The van der Waals surface area contributed by atoms with Crippen molar-refractivity contribution in [1.82, 2.24) is 4.90 Å². The van der Waals surface area contributed by atoms with Crippen LogP contribution in [0.3, 0.4) is 0 Å². The lowest BCUT2D eigenvalue weighted by Gasteiger charge is -2.34. The number of piperidine rings is 1. The zero-order chi connectivity index (χ0) is 11.0. The summed E-state index contributed by atoms with van der Waals surface area (Å²) in [5.41, 5.74) is 7.36. The van der Waals surface area contributed by atoms with Crippen molar-refractivity contribution in [3.05, 3.63) is 35.9 Å². The van der Waals surface area contributed by atoms with Crippen molar-refractivity contribution in [2.24, 2.45) is 11.7 Å². The van der Waals surface area contributed by atoms with Gasteiger partial charge in [0, 0.05) is 25.2 Å². The maximum atomic E-state index is 5.97. The quantitative estimate of drug-likeness (QED) is 0.839. The van der Waals surface area contributed by atoms with Crippen LogP contribution in [-0.2, 0) is 0 Å². The third-order valence-electron chi connectivity index (χ3n) is 4.26. The monoisotopic (exact) mass is 216 g/mol. The van der Waals surface area contributed by atoms with E-state index in [4.69, 9.17) is 5.73 Å². The molecule has 3 unspecified atom stereocenters. The predicted molar refractivity (Wildman–Crippen MR) is 66.1 cm³/mol. The van der Waals surface area contributed by atoms with Gasteiger partial charge in [-0.2, -0.15) is 0 Å². The van der Waals surface area contributed by atoms with Gasteiger partial charge < -0.3 is 5.73 Å². The SMILES string of the molecule is NCC(c1ccccc1)N1CC2CCC1C2. The van der Waals surface area contributed by atoms with E-state index in [2.05, 4.69) is 35.2 Å². The molecule has 1 saturated heterocycles. The minimum atomic E-state index is 0.441. The van der Waals surface area contributed by atoms with Gasteiger partial charge in [0.2, 0.25) is 0 Å². The highest BCUT2D eigenvalue weighted by molar-refractivity contribution is 5.20. The standard InChI is InChI=1S/C14H20N2/c15-9-14(12-4-2-1-3-5-12)16-10-11-6-7-13(16)8-11/h1-5,11,13-14H,6-10,15H2. The summed E-state index contributed by atoms with van der Waals surface area (Å²) in [5.74, 6) is 0.947. The van der Waals surface area contributed by atoms with Crippen LogP contribution in [0.2, 0.25) is 0 Å². The van der Waals surface area contributed by atoms with Crippen LogP contribution in [0, 0.1) is 5.92 Å². The van der Waals surface area contributed by atoms with Gasteiger partial charge in [0.25, 0.3) is 0 Å². The second-order valence-electron chi connectivity index (χ2n) is 5.19. The first-order valence-corrected chi connectivity index (χ1v) is 6.39. The largest absolute Gasteiger partial charge is 0.329 e. The van der Waals surface area contributed by atoms with Crippen LogP contribution in [0.5, 0.6) is 0 Å². The number of benzene rings is 1. The van der Waals surface area contributed by atoms with Gasteiger partial charge in [0.05, 0.1) is 0 Å². The molecular formula is C14H20N2. The molecule has 0 spiro atoms. The number of likely N-dealkylation sites (tertiary alicyclic amines) is 1. The third-order valence-corrected chi connectivity index (χ3v) is 4.26. The van der Waals surface area contributed by atoms with Crippen molar-refractivity contribution in [2.75, 3.05) is 13.1 Å². The number of fused-ring (bicyclic) bond motifs is 2. The van der Waals surface area contributed by atoms with Gasteiger partial charge >= 0.3 is 0 Å². The Kier molecular flexibility index (Phi) is 2.70. The van der Waals surface area contributed by atoms with Crippen LogP contribution in [0.1, 0.15) is 30.9 Å². The summed E-state index contributed by atoms with van der Waals surface area (Å²) in [5, 5.41) is 0. The maximum absolute atomic E-state index is 5.97. The van der Waals surface area contributed by atoms with E-state index in [0.29, 0.717) is 6.04 Å². The van der Waals surface area contributed by atoms with Gasteiger partial charge in [-0.1, -0.05) is 30.3 Å². The average Bonchev–Trinajstić information content (AvgIpc) is 2.94. The molecule has 0 radical (unpaired) electrons. The molecule has 86 valence electrons. The van der Waals surface area contributed by atoms with Gasteiger partial charge in [0.1, 0.15) is 0 Å². The van der Waals surface area contributed by atoms with Crippen LogP contribution in [0.25, 0.3) is 0 Å². The summed E-state index contributed by atoms with van der Waals surface area (Å²) < 4.78 is 0. The Labute approximate surface area is 97.4 Å². The summed E-state index contributed by atoms with van der Waals surface area (Å²) in [6.07, 6.45) is 4.23. The second kappa shape index (κ2) is 4.19. The van der Waals surface area contributed by atoms with Crippen molar-refractivity contribution < 1.29 is 0 Å². The molecule has 2 fully saturated rings. The van der Waals surface area contributed by atoms with Gasteiger partial charge in [-0.05, 0) is 30.7 Å². The molecule has 1 heterocycles. The number of rotatable bonds is 3. The van der Waals surface area contributed by atoms with Crippen molar-refractivity contribution in [1.29, 1.82) is 0 Å². The zero-order valence-corrected chi connectivity index (χ0v) is 9.68. The molecule has 3 rings (SSSR count). The molecule has 1 saturated carbocycles. The minimum Gasteiger partial charge on any atom is -0.329 e. The molecule has 1 aromatic carbocycles. The Balaban J connectivity index is 1.81. The topological polar surface area (TPSA) is 29.3 Å². The Morgan fingerprint density at radius 2 is 2.06 bits per heavy atom. The Morgan fingerprint density at radius 1 is 1.25 bits per heavy atom. The molecule has 2 nitrogen and oxygen atoms in total. The fourth-order valence-corrected chi connectivity index (χ4v) is 3.48. The van der Waals surface area contributed by atoms with Crippen molar-refractivity contribution >= 4 is 0 Å². The molecule has 16 heavy (non-hydrogen) atoms. The number of hydrogen-bond acceptors (Lipinski definition) is 2. The lowest BCUT2D eigenvalue weighted by Crippen LogP contribution is -2.39. The summed E-state index contributed by atoms with van der Waals surface area (Å²) >= 11 is 0. The second-order valence-corrected chi connectivity index (χ2v) is 5.19. The van der Waals surface area contributed by atoms with Crippen LogP contribution in [-0.4, -0.2) is 24.0 Å². The summed E-state index contributed by atoms with van der Waals surface area (Å²) in [7, 11) is 0. The molecule has 3 atom stereocenters. The van der Waals surface area contributed by atoms with E-state index in [1.165, 1.54) is 31.4 Å². The van der Waals surface area contributed by atoms with E-state index in [1.54, 1.807) is 0 Å². The lowest BCUT2D eigenvalue weighted by molar-refractivity contribution is 0.153. The number of nitrogens with two attached hydrogens (primary N) is 1. The van der Waals surface area contributed by atoms with Crippen LogP contribution < -0.4 is 5.73 Å². The van der Waals surface area contributed by atoms with Gasteiger partial charge in [-0.3, -0.25) is 4.90 Å². The number of hydrogen-bond donors (Lipinski definition) is 1. The first-order chi connectivity index (χ1) is 7.88. The van der Waals surface area contributed by atoms with Crippen molar-refractivity contribution in [3.8, 4) is 0 Å². The molecule has 2 heteroatoms. The van der Waals surface area contributed by atoms with Crippen LogP contribution in [0.4, 0.5) is 0 Å². The third kappa shape index (κ3) is 1.66. The van der Waals surface area contributed by atoms with E-state index >= 15 is 0 Å². The van der Waals surface area contributed by atoms with Crippen LogP contribution >= 0.6 is 0 Å². The van der Waals surface area contributed by atoms with E-state index in [1.807, 2.05) is 0 Å². The Morgan fingerprint density at radius 3 is 2.62 bits per heavy atom. The normalized spacial score (nSPS) is 30.8. The Bertz CT molecular complexity index is 349. The van der Waals surface area contributed by atoms with Crippen molar-refractivity contribution in [2.45, 2.75) is 31.3 Å². The van der Waals surface area contributed by atoms with E-state index < -0.39 is 0 Å². The Hall–Kier alpha value is -0.860. The van der Waals surface area contributed by atoms with Crippen LogP contribution in [0.15, 0.2) is 30.3 Å². The smallest absolute Gasteiger partial charge is 0.0473 e.